The molecule has 2 N–H and O–H groups in total. The van der Waals surface area contributed by atoms with Gasteiger partial charge in [-0.05, 0) is 26.2 Å². The van der Waals surface area contributed by atoms with Crippen molar-refractivity contribution in [1.82, 2.24) is 10.5 Å². The second-order valence-electron chi connectivity index (χ2n) is 6.08. The first-order valence-corrected chi connectivity index (χ1v) is 6.63. The van der Waals surface area contributed by atoms with Gasteiger partial charge in [-0.3, -0.25) is 9.59 Å². The van der Waals surface area contributed by atoms with Gasteiger partial charge in [-0.2, -0.15) is 0 Å². The number of rotatable bonds is 4. The summed E-state index contributed by atoms with van der Waals surface area (Å²) in [6.07, 6.45) is 0. The highest BCUT2D eigenvalue weighted by Crippen LogP contribution is 2.58. The molecule has 1 aliphatic rings. The summed E-state index contributed by atoms with van der Waals surface area (Å²) < 4.78 is 5.08. The molecule has 2 rings (SSSR count). The molecular formula is C14H20N2O4. The summed E-state index contributed by atoms with van der Waals surface area (Å²) in [5.74, 6) is -1.57. The summed E-state index contributed by atoms with van der Waals surface area (Å²) >= 11 is 0. The average molecular weight is 280 g/mol. The fraction of sp³-hybridized carbons (Fsp3) is 0.643. The molecule has 20 heavy (non-hydrogen) atoms. The van der Waals surface area contributed by atoms with Crippen LogP contribution in [0.4, 0.5) is 0 Å². The molecule has 1 amide bonds. The number of nitrogens with zero attached hydrogens (tertiary/aromatic N) is 1. The number of aryl methyl sites for hydroxylation is 2. The molecule has 1 fully saturated rings. The molecule has 0 aliphatic heterocycles. The fourth-order valence-electron chi connectivity index (χ4n) is 3.07. The van der Waals surface area contributed by atoms with Crippen LogP contribution in [0.5, 0.6) is 0 Å². The van der Waals surface area contributed by atoms with Crippen LogP contribution in [0.2, 0.25) is 0 Å². The lowest BCUT2D eigenvalue weighted by atomic mass is 10.1. The molecule has 6 nitrogen and oxygen atoms in total. The molecule has 0 bridgehead atoms. The molecule has 0 aromatic carbocycles. The summed E-state index contributed by atoms with van der Waals surface area (Å²) in [5, 5.41) is 15.8. The largest absolute Gasteiger partial charge is 0.481 e. The minimum Gasteiger partial charge on any atom is -0.481 e. The van der Waals surface area contributed by atoms with Gasteiger partial charge in [0.05, 0.1) is 23.6 Å². The van der Waals surface area contributed by atoms with Gasteiger partial charge < -0.3 is 14.9 Å². The molecule has 0 radical (unpaired) electrons. The number of carbonyl (C=O) groups is 2. The minimum absolute atomic E-state index is 0.227. The molecule has 0 saturated heterocycles. The Hall–Kier alpha value is -1.85. The highest BCUT2D eigenvalue weighted by atomic mass is 16.5. The Bertz CT molecular complexity index is 542. The number of aliphatic carboxylic acids is 1. The second kappa shape index (κ2) is 4.61. The molecule has 110 valence electrons. The molecule has 1 aliphatic carbocycles. The molecule has 3 atom stereocenters. The lowest BCUT2D eigenvalue weighted by molar-refractivity contribution is -0.140. The van der Waals surface area contributed by atoms with Crippen LogP contribution >= 0.6 is 0 Å². The zero-order chi connectivity index (χ0) is 15.2. The van der Waals surface area contributed by atoms with E-state index in [9.17, 15) is 9.59 Å². The van der Waals surface area contributed by atoms with Crippen LogP contribution in [0.1, 0.15) is 43.8 Å². The van der Waals surface area contributed by atoms with E-state index >= 15 is 0 Å². The van der Waals surface area contributed by atoms with Gasteiger partial charge in [0.25, 0.3) is 0 Å². The molecule has 6 heteroatoms. The number of hydrogen-bond donors (Lipinski definition) is 2. The molecular weight excluding hydrogens is 260 g/mol. The molecule has 1 heterocycles. The predicted molar refractivity (Wildman–Crippen MR) is 70.9 cm³/mol. The molecule has 1 aromatic rings. The van der Waals surface area contributed by atoms with Gasteiger partial charge in [0.1, 0.15) is 5.76 Å². The van der Waals surface area contributed by atoms with Gasteiger partial charge >= 0.3 is 5.97 Å². The first kappa shape index (κ1) is 14.6. The first-order valence-electron chi connectivity index (χ1n) is 6.63. The maximum atomic E-state index is 12.2. The summed E-state index contributed by atoms with van der Waals surface area (Å²) in [4.78, 5) is 23.3. The molecule has 0 spiro atoms. The standard InChI is InChI=1S/C14H20N2O4/c1-6(9-7(2)16-20-8(9)3)15-12(17)10-11(13(18)19)14(10,4)5/h6,10-11H,1-5H3,(H,15,17)(H,18,19). The highest BCUT2D eigenvalue weighted by Gasteiger charge is 2.65. The van der Waals surface area contributed by atoms with Gasteiger partial charge in [0, 0.05) is 5.56 Å². The van der Waals surface area contributed by atoms with Gasteiger partial charge in [-0.1, -0.05) is 19.0 Å². The SMILES string of the molecule is Cc1noc(C)c1C(C)NC(=O)C1C(C(=O)O)C1(C)C. The van der Waals surface area contributed by atoms with E-state index in [0.29, 0.717) is 5.76 Å². The third kappa shape index (κ3) is 2.19. The van der Waals surface area contributed by atoms with Crippen molar-refractivity contribution in [2.75, 3.05) is 0 Å². The Kier molecular flexibility index (Phi) is 3.36. The third-order valence-electron chi connectivity index (χ3n) is 4.26. The van der Waals surface area contributed by atoms with Gasteiger partial charge in [0.2, 0.25) is 5.91 Å². The third-order valence-corrected chi connectivity index (χ3v) is 4.26. The van der Waals surface area contributed by atoms with Crippen molar-refractivity contribution in [1.29, 1.82) is 0 Å². The molecule has 1 saturated carbocycles. The van der Waals surface area contributed by atoms with E-state index < -0.39 is 23.2 Å². The number of hydrogen-bond acceptors (Lipinski definition) is 4. The maximum Gasteiger partial charge on any atom is 0.307 e. The van der Waals surface area contributed by atoms with E-state index in [1.807, 2.05) is 13.8 Å². The number of nitrogens with one attached hydrogen (secondary N) is 1. The van der Waals surface area contributed by atoms with Crippen LogP contribution in [0.25, 0.3) is 0 Å². The van der Waals surface area contributed by atoms with Crippen molar-refractivity contribution in [3.05, 3.63) is 17.0 Å². The van der Waals surface area contributed by atoms with E-state index in [-0.39, 0.29) is 11.9 Å². The summed E-state index contributed by atoms with van der Waals surface area (Å²) in [5.41, 5.74) is 1.10. The van der Waals surface area contributed by atoms with Crippen LogP contribution < -0.4 is 5.32 Å². The number of aromatic nitrogens is 1. The number of carbonyl (C=O) groups excluding carboxylic acids is 1. The Balaban J connectivity index is 2.08. The lowest BCUT2D eigenvalue weighted by Gasteiger charge is -2.14. The average Bonchev–Trinajstić information content (AvgIpc) is 2.74. The van der Waals surface area contributed by atoms with E-state index in [4.69, 9.17) is 9.63 Å². The minimum atomic E-state index is -0.917. The Morgan fingerprint density at radius 1 is 1.35 bits per heavy atom. The second-order valence-corrected chi connectivity index (χ2v) is 6.08. The summed E-state index contributed by atoms with van der Waals surface area (Å²) in [7, 11) is 0. The topological polar surface area (TPSA) is 92.4 Å². The van der Waals surface area contributed by atoms with E-state index in [1.54, 1.807) is 20.8 Å². The van der Waals surface area contributed by atoms with E-state index in [0.717, 1.165) is 11.3 Å². The van der Waals surface area contributed by atoms with Crippen molar-refractivity contribution in [3.63, 3.8) is 0 Å². The Morgan fingerprint density at radius 3 is 2.35 bits per heavy atom. The molecule has 3 unspecified atom stereocenters. The Morgan fingerprint density at radius 2 is 1.95 bits per heavy atom. The van der Waals surface area contributed by atoms with Crippen molar-refractivity contribution in [2.24, 2.45) is 17.3 Å². The zero-order valence-corrected chi connectivity index (χ0v) is 12.4. The smallest absolute Gasteiger partial charge is 0.307 e. The monoisotopic (exact) mass is 280 g/mol. The van der Waals surface area contributed by atoms with Crippen molar-refractivity contribution in [3.8, 4) is 0 Å². The lowest BCUT2D eigenvalue weighted by Crippen LogP contribution is -2.30. The predicted octanol–water partition coefficient (Wildman–Crippen LogP) is 1.83. The fourth-order valence-corrected chi connectivity index (χ4v) is 3.07. The number of carboxylic acids is 1. The van der Waals surface area contributed by atoms with Crippen LogP contribution in [0.3, 0.4) is 0 Å². The van der Waals surface area contributed by atoms with Crippen molar-refractivity contribution >= 4 is 11.9 Å². The van der Waals surface area contributed by atoms with E-state index in [2.05, 4.69) is 10.5 Å². The van der Waals surface area contributed by atoms with Crippen LogP contribution in [0, 0.1) is 31.1 Å². The van der Waals surface area contributed by atoms with E-state index in [1.165, 1.54) is 0 Å². The normalized spacial score (nSPS) is 25.1. The number of carboxylic acid groups (broad SMARTS) is 1. The summed E-state index contributed by atoms with van der Waals surface area (Å²) in [6, 6.07) is -0.250. The van der Waals surface area contributed by atoms with Crippen LogP contribution in [-0.2, 0) is 9.59 Å². The highest BCUT2D eigenvalue weighted by molar-refractivity contribution is 5.91. The number of amides is 1. The van der Waals surface area contributed by atoms with Crippen molar-refractivity contribution < 1.29 is 19.2 Å². The van der Waals surface area contributed by atoms with Gasteiger partial charge in [-0.15, -0.1) is 0 Å². The first-order chi connectivity index (χ1) is 9.17. The van der Waals surface area contributed by atoms with Crippen LogP contribution in [0.15, 0.2) is 4.52 Å². The summed E-state index contributed by atoms with van der Waals surface area (Å²) in [6.45, 7) is 9.05. The van der Waals surface area contributed by atoms with Gasteiger partial charge in [0.15, 0.2) is 0 Å². The van der Waals surface area contributed by atoms with Gasteiger partial charge in [-0.25, -0.2) is 0 Å². The quantitative estimate of drug-likeness (QED) is 0.877. The Labute approximate surface area is 117 Å². The maximum absolute atomic E-state index is 12.2. The van der Waals surface area contributed by atoms with Crippen molar-refractivity contribution in [2.45, 2.75) is 40.7 Å². The van der Waals surface area contributed by atoms with Crippen LogP contribution in [-0.4, -0.2) is 22.1 Å². The molecule has 1 aromatic heterocycles. The zero-order valence-electron chi connectivity index (χ0n) is 12.4.